The minimum absolute atomic E-state index is 0.120. The number of rotatable bonds is 3. The predicted octanol–water partition coefficient (Wildman–Crippen LogP) is 1.08. The number of aromatic nitrogens is 2. The minimum atomic E-state index is -0.950. The maximum absolute atomic E-state index is 11.3. The minimum Gasteiger partial charge on any atom is -0.298 e. The maximum Gasteiger partial charge on any atom is 0.150 e. The standard InChI is InChI=1S/C10H13N3O/c1-8(14)10(2,7-11)6-9-4-5-13(3)12-9/h4-5H,6H2,1-3H3. The third kappa shape index (κ3) is 1.99. The van der Waals surface area contributed by atoms with Gasteiger partial charge in [0.1, 0.15) is 11.2 Å². The molecule has 1 unspecified atom stereocenters. The van der Waals surface area contributed by atoms with Crippen molar-refractivity contribution in [2.24, 2.45) is 12.5 Å². The van der Waals surface area contributed by atoms with Gasteiger partial charge in [-0.05, 0) is 19.9 Å². The fourth-order valence-electron chi connectivity index (χ4n) is 1.16. The molecule has 0 saturated carbocycles. The molecule has 14 heavy (non-hydrogen) atoms. The van der Waals surface area contributed by atoms with Crippen molar-refractivity contribution in [3.8, 4) is 6.07 Å². The zero-order valence-electron chi connectivity index (χ0n) is 8.61. The van der Waals surface area contributed by atoms with Crippen LogP contribution in [0.1, 0.15) is 19.5 Å². The van der Waals surface area contributed by atoms with Gasteiger partial charge in [0.05, 0.1) is 11.8 Å². The van der Waals surface area contributed by atoms with Gasteiger partial charge in [-0.1, -0.05) is 0 Å². The van der Waals surface area contributed by atoms with Crippen molar-refractivity contribution in [1.82, 2.24) is 9.78 Å². The van der Waals surface area contributed by atoms with Crippen LogP contribution in [0.3, 0.4) is 0 Å². The van der Waals surface area contributed by atoms with Crippen LogP contribution in [0.4, 0.5) is 0 Å². The smallest absolute Gasteiger partial charge is 0.150 e. The molecule has 0 spiro atoms. The summed E-state index contributed by atoms with van der Waals surface area (Å²) in [7, 11) is 1.81. The predicted molar refractivity (Wildman–Crippen MR) is 51.3 cm³/mol. The Labute approximate surface area is 83.1 Å². The van der Waals surface area contributed by atoms with Crippen LogP contribution in [0.5, 0.6) is 0 Å². The highest BCUT2D eigenvalue weighted by atomic mass is 16.1. The number of carbonyl (C=O) groups excluding carboxylic acids is 1. The van der Waals surface area contributed by atoms with Crippen molar-refractivity contribution in [2.45, 2.75) is 20.3 Å². The van der Waals surface area contributed by atoms with E-state index in [0.717, 1.165) is 5.69 Å². The Morgan fingerprint density at radius 2 is 2.43 bits per heavy atom. The summed E-state index contributed by atoms with van der Waals surface area (Å²) in [6, 6.07) is 3.85. The second-order valence-corrected chi connectivity index (χ2v) is 3.66. The van der Waals surface area contributed by atoms with Gasteiger partial charge in [0.2, 0.25) is 0 Å². The molecule has 1 aromatic rings. The summed E-state index contributed by atoms with van der Waals surface area (Å²) in [4.78, 5) is 11.3. The number of aryl methyl sites for hydroxylation is 1. The SMILES string of the molecule is CC(=O)C(C)(C#N)Cc1ccn(C)n1. The number of hydrogen-bond donors (Lipinski definition) is 0. The number of carbonyl (C=O) groups is 1. The summed E-state index contributed by atoms with van der Waals surface area (Å²) in [6.07, 6.45) is 2.17. The lowest BCUT2D eigenvalue weighted by Crippen LogP contribution is -2.26. The topological polar surface area (TPSA) is 58.7 Å². The van der Waals surface area contributed by atoms with Gasteiger partial charge >= 0.3 is 0 Å². The molecule has 0 aromatic carbocycles. The molecule has 0 aliphatic carbocycles. The normalized spacial score (nSPS) is 14.4. The Balaban J connectivity index is 2.87. The lowest BCUT2D eigenvalue weighted by atomic mass is 9.83. The average molecular weight is 191 g/mol. The van der Waals surface area contributed by atoms with Crippen LogP contribution in [0.25, 0.3) is 0 Å². The number of ketones is 1. The molecule has 0 amide bonds. The van der Waals surface area contributed by atoms with Crippen molar-refractivity contribution >= 4 is 5.78 Å². The first kappa shape index (κ1) is 10.5. The number of nitrogens with zero attached hydrogens (tertiary/aromatic N) is 3. The van der Waals surface area contributed by atoms with Crippen LogP contribution >= 0.6 is 0 Å². The Hall–Kier alpha value is -1.63. The van der Waals surface area contributed by atoms with E-state index in [4.69, 9.17) is 5.26 Å². The summed E-state index contributed by atoms with van der Waals surface area (Å²) in [5.74, 6) is -0.120. The summed E-state index contributed by atoms with van der Waals surface area (Å²) < 4.78 is 1.66. The Morgan fingerprint density at radius 3 is 2.79 bits per heavy atom. The van der Waals surface area contributed by atoms with Gasteiger partial charge in [-0.3, -0.25) is 9.48 Å². The highest BCUT2D eigenvalue weighted by Crippen LogP contribution is 2.21. The Kier molecular flexibility index (Phi) is 2.70. The first-order valence-corrected chi connectivity index (χ1v) is 4.39. The molecular formula is C10H13N3O. The van der Waals surface area contributed by atoms with Gasteiger partial charge in [-0.2, -0.15) is 10.4 Å². The van der Waals surface area contributed by atoms with E-state index in [0.29, 0.717) is 6.42 Å². The molecule has 74 valence electrons. The molecule has 0 N–H and O–H groups in total. The lowest BCUT2D eigenvalue weighted by molar-refractivity contribution is -0.123. The van der Waals surface area contributed by atoms with Gasteiger partial charge in [-0.25, -0.2) is 0 Å². The van der Waals surface area contributed by atoms with E-state index < -0.39 is 5.41 Å². The molecule has 0 fully saturated rings. The van der Waals surface area contributed by atoms with E-state index in [1.165, 1.54) is 6.92 Å². The van der Waals surface area contributed by atoms with Gasteiger partial charge in [0.15, 0.2) is 0 Å². The van der Waals surface area contributed by atoms with Crippen LogP contribution < -0.4 is 0 Å². The molecule has 0 bridgehead atoms. The van der Waals surface area contributed by atoms with E-state index in [9.17, 15) is 4.79 Å². The van der Waals surface area contributed by atoms with Crippen LogP contribution in [0.2, 0.25) is 0 Å². The molecule has 4 nitrogen and oxygen atoms in total. The summed E-state index contributed by atoms with van der Waals surface area (Å²) >= 11 is 0. The van der Waals surface area contributed by atoms with E-state index in [-0.39, 0.29) is 5.78 Å². The zero-order chi connectivity index (χ0) is 10.8. The van der Waals surface area contributed by atoms with Crippen molar-refractivity contribution in [1.29, 1.82) is 5.26 Å². The molecule has 1 heterocycles. The van der Waals surface area contributed by atoms with E-state index in [2.05, 4.69) is 5.10 Å². The average Bonchev–Trinajstić information content (AvgIpc) is 2.50. The van der Waals surface area contributed by atoms with Crippen molar-refractivity contribution < 1.29 is 4.79 Å². The third-order valence-electron chi connectivity index (χ3n) is 2.33. The second-order valence-electron chi connectivity index (χ2n) is 3.66. The zero-order valence-corrected chi connectivity index (χ0v) is 8.61. The summed E-state index contributed by atoms with van der Waals surface area (Å²) in [6.45, 7) is 3.08. The van der Waals surface area contributed by atoms with Gasteiger partial charge < -0.3 is 0 Å². The van der Waals surface area contributed by atoms with Crippen LogP contribution in [-0.4, -0.2) is 15.6 Å². The lowest BCUT2D eigenvalue weighted by Gasteiger charge is -2.15. The number of nitriles is 1. The highest BCUT2D eigenvalue weighted by Gasteiger charge is 2.30. The van der Waals surface area contributed by atoms with Crippen LogP contribution in [-0.2, 0) is 18.3 Å². The molecule has 1 atom stereocenters. The monoisotopic (exact) mass is 191 g/mol. The number of hydrogen-bond acceptors (Lipinski definition) is 3. The fourth-order valence-corrected chi connectivity index (χ4v) is 1.16. The van der Waals surface area contributed by atoms with Crippen molar-refractivity contribution in [3.63, 3.8) is 0 Å². The van der Waals surface area contributed by atoms with Crippen LogP contribution in [0.15, 0.2) is 12.3 Å². The fraction of sp³-hybridized carbons (Fsp3) is 0.500. The first-order valence-electron chi connectivity index (χ1n) is 4.39. The maximum atomic E-state index is 11.3. The van der Waals surface area contributed by atoms with E-state index in [1.807, 2.05) is 12.1 Å². The molecule has 0 aliphatic rings. The molecule has 0 radical (unpaired) electrons. The largest absolute Gasteiger partial charge is 0.298 e. The van der Waals surface area contributed by atoms with Gasteiger partial charge in [0.25, 0.3) is 0 Å². The Morgan fingerprint density at radius 1 is 1.79 bits per heavy atom. The van der Waals surface area contributed by atoms with Crippen molar-refractivity contribution in [2.75, 3.05) is 0 Å². The second kappa shape index (κ2) is 3.62. The molecule has 4 heteroatoms. The van der Waals surface area contributed by atoms with Crippen LogP contribution in [0, 0.1) is 16.7 Å². The third-order valence-corrected chi connectivity index (χ3v) is 2.33. The van der Waals surface area contributed by atoms with Crippen molar-refractivity contribution in [3.05, 3.63) is 18.0 Å². The number of Topliss-reactive ketones (excluding diaryl/α,β-unsaturated/α-hetero) is 1. The molecule has 1 rings (SSSR count). The molecule has 1 aromatic heterocycles. The van der Waals surface area contributed by atoms with E-state index in [1.54, 1.807) is 24.9 Å². The summed E-state index contributed by atoms with van der Waals surface area (Å²) in [5.41, 5.74) is -0.180. The van der Waals surface area contributed by atoms with Gasteiger partial charge in [-0.15, -0.1) is 0 Å². The molecule has 0 saturated heterocycles. The summed E-state index contributed by atoms with van der Waals surface area (Å²) in [5, 5.41) is 13.1. The quantitative estimate of drug-likeness (QED) is 0.718. The first-order chi connectivity index (χ1) is 6.48. The van der Waals surface area contributed by atoms with E-state index >= 15 is 0 Å². The molecular weight excluding hydrogens is 178 g/mol. The highest BCUT2D eigenvalue weighted by molar-refractivity contribution is 5.84. The molecule has 0 aliphatic heterocycles. The van der Waals surface area contributed by atoms with Gasteiger partial charge in [0, 0.05) is 19.7 Å². The Bertz CT molecular complexity index is 388.